The van der Waals surface area contributed by atoms with E-state index in [1.807, 2.05) is 0 Å². The lowest BCUT2D eigenvalue weighted by molar-refractivity contribution is -0.139. The van der Waals surface area contributed by atoms with Gasteiger partial charge in [0.25, 0.3) is 6.43 Å². The summed E-state index contributed by atoms with van der Waals surface area (Å²) in [4.78, 5) is 3.21. The monoisotopic (exact) mass is 226 g/mol. The minimum absolute atomic E-state index is 0.230. The van der Waals surface area contributed by atoms with Gasteiger partial charge in [-0.2, -0.15) is 13.2 Å². The van der Waals surface area contributed by atoms with E-state index in [9.17, 15) is 22.0 Å². The largest absolute Gasteiger partial charge is 0.420 e. The Balaban J connectivity index is 3.53. The first-order valence-corrected chi connectivity index (χ1v) is 3.85. The van der Waals surface area contributed by atoms with Crippen molar-refractivity contribution in [2.75, 3.05) is 5.73 Å². The van der Waals surface area contributed by atoms with Crippen LogP contribution in [0.25, 0.3) is 0 Å². The van der Waals surface area contributed by atoms with Crippen LogP contribution in [0.5, 0.6) is 0 Å². The van der Waals surface area contributed by atoms with Crippen molar-refractivity contribution in [3.8, 4) is 0 Å². The summed E-state index contributed by atoms with van der Waals surface area (Å²) in [6, 6.07) is 0. The maximum atomic E-state index is 12.4. The maximum absolute atomic E-state index is 12.4. The molecule has 0 unspecified atom stereocenters. The number of aromatic nitrogens is 1. The normalized spacial score (nSPS) is 12.2. The average molecular weight is 226 g/mol. The number of halogens is 5. The van der Waals surface area contributed by atoms with E-state index in [0.29, 0.717) is 0 Å². The average Bonchev–Trinajstić information content (AvgIpc) is 2.05. The molecule has 0 aliphatic rings. The molecule has 0 bridgehead atoms. The van der Waals surface area contributed by atoms with E-state index >= 15 is 0 Å². The minimum Gasteiger partial charge on any atom is -0.383 e. The molecule has 1 rings (SSSR count). The number of nitrogen functional groups attached to an aromatic ring is 1. The summed E-state index contributed by atoms with van der Waals surface area (Å²) in [5, 5.41) is 0. The molecule has 15 heavy (non-hydrogen) atoms. The van der Waals surface area contributed by atoms with Gasteiger partial charge in [0.2, 0.25) is 0 Å². The molecular weight excluding hydrogens is 219 g/mol. The topological polar surface area (TPSA) is 38.9 Å². The summed E-state index contributed by atoms with van der Waals surface area (Å²) in [7, 11) is 0. The number of hydrogen-bond donors (Lipinski definition) is 1. The van der Waals surface area contributed by atoms with Crippen molar-refractivity contribution in [3.63, 3.8) is 0 Å². The minimum atomic E-state index is -4.92. The first-order chi connectivity index (χ1) is 6.75. The molecule has 0 amide bonds. The molecule has 1 aromatic heterocycles. The van der Waals surface area contributed by atoms with E-state index in [2.05, 4.69) is 4.98 Å². The zero-order chi connectivity index (χ0) is 11.8. The molecule has 1 heterocycles. The van der Waals surface area contributed by atoms with E-state index in [4.69, 9.17) is 5.73 Å². The van der Waals surface area contributed by atoms with Crippen molar-refractivity contribution >= 4 is 5.82 Å². The summed E-state index contributed by atoms with van der Waals surface area (Å²) < 4.78 is 62.0. The van der Waals surface area contributed by atoms with Gasteiger partial charge in [0, 0.05) is 11.8 Å². The number of nitrogens with zero attached hydrogens (tertiary/aromatic N) is 1. The van der Waals surface area contributed by atoms with Crippen LogP contribution in [0.15, 0.2) is 6.20 Å². The molecular formula is C8H7F5N2. The number of rotatable bonds is 1. The molecule has 0 saturated heterocycles. The third-order valence-corrected chi connectivity index (χ3v) is 1.85. The van der Waals surface area contributed by atoms with Gasteiger partial charge in [-0.25, -0.2) is 13.8 Å². The van der Waals surface area contributed by atoms with Crippen molar-refractivity contribution in [1.29, 1.82) is 0 Å². The highest BCUT2D eigenvalue weighted by atomic mass is 19.4. The highest BCUT2D eigenvalue weighted by molar-refractivity contribution is 5.50. The van der Waals surface area contributed by atoms with Crippen LogP contribution in [0, 0.1) is 6.92 Å². The summed E-state index contributed by atoms with van der Waals surface area (Å²) in [5.74, 6) is -0.927. The second-order valence-corrected chi connectivity index (χ2v) is 2.91. The molecule has 0 saturated carbocycles. The lowest BCUT2D eigenvalue weighted by Gasteiger charge is -2.15. The van der Waals surface area contributed by atoms with Crippen LogP contribution in [0.4, 0.5) is 27.8 Å². The quantitative estimate of drug-likeness (QED) is 0.747. The predicted molar refractivity (Wildman–Crippen MR) is 43.3 cm³/mol. The zero-order valence-corrected chi connectivity index (χ0v) is 7.57. The van der Waals surface area contributed by atoms with Gasteiger partial charge in [-0.05, 0) is 12.5 Å². The fourth-order valence-electron chi connectivity index (χ4n) is 1.21. The van der Waals surface area contributed by atoms with E-state index in [1.54, 1.807) is 0 Å². The third-order valence-electron chi connectivity index (χ3n) is 1.85. The smallest absolute Gasteiger partial charge is 0.383 e. The lowest BCUT2D eigenvalue weighted by Crippen LogP contribution is -2.15. The number of pyridine rings is 1. The van der Waals surface area contributed by atoms with Gasteiger partial charge in [-0.3, -0.25) is 0 Å². The van der Waals surface area contributed by atoms with Crippen molar-refractivity contribution in [2.45, 2.75) is 19.5 Å². The van der Waals surface area contributed by atoms with E-state index in [-0.39, 0.29) is 5.56 Å². The van der Waals surface area contributed by atoms with Crippen molar-refractivity contribution < 1.29 is 22.0 Å². The van der Waals surface area contributed by atoms with Crippen molar-refractivity contribution in [3.05, 3.63) is 22.9 Å². The van der Waals surface area contributed by atoms with Gasteiger partial charge < -0.3 is 5.73 Å². The molecule has 0 radical (unpaired) electrons. The Hall–Kier alpha value is -1.40. The fourth-order valence-corrected chi connectivity index (χ4v) is 1.21. The second kappa shape index (κ2) is 3.63. The number of anilines is 1. The van der Waals surface area contributed by atoms with Gasteiger partial charge >= 0.3 is 6.18 Å². The first-order valence-electron chi connectivity index (χ1n) is 3.85. The molecule has 0 spiro atoms. The Morgan fingerprint density at radius 2 is 1.87 bits per heavy atom. The number of hydrogen-bond acceptors (Lipinski definition) is 2. The van der Waals surface area contributed by atoms with Crippen LogP contribution in [0.3, 0.4) is 0 Å². The molecule has 84 valence electrons. The molecule has 2 N–H and O–H groups in total. The summed E-state index contributed by atoms with van der Waals surface area (Å²) in [5.41, 5.74) is 2.07. The maximum Gasteiger partial charge on any atom is 0.420 e. The van der Waals surface area contributed by atoms with E-state index in [0.717, 1.165) is 13.1 Å². The summed E-state index contributed by atoms with van der Waals surface area (Å²) in [6.07, 6.45) is -7.26. The molecule has 0 aliphatic carbocycles. The SMILES string of the molecule is Cc1cnc(N)c(C(F)(F)F)c1C(F)F. The Bertz CT molecular complexity index is 372. The van der Waals surface area contributed by atoms with Gasteiger partial charge in [-0.1, -0.05) is 0 Å². The molecule has 0 aromatic carbocycles. The number of nitrogens with two attached hydrogens (primary N) is 1. The van der Waals surface area contributed by atoms with Gasteiger partial charge in [-0.15, -0.1) is 0 Å². The molecule has 0 fully saturated rings. The van der Waals surface area contributed by atoms with Crippen LogP contribution in [-0.4, -0.2) is 4.98 Å². The Morgan fingerprint density at radius 1 is 1.33 bits per heavy atom. The molecule has 1 aromatic rings. The molecule has 0 aliphatic heterocycles. The number of aryl methyl sites for hydroxylation is 1. The van der Waals surface area contributed by atoms with Crippen molar-refractivity contribution in [2.24, 2.45) is 0 Å². The van der Waals surface area contributed by atoms with E-state index < -0.39 is 29.5 Å². The first kappa shape index (κ1) is 11.7. The van der Waals surface area contributed by atoms with Gasteiger partial charge in [0.15, 0.2) is 0 Å². The Morgan fingerprint density at radius 3 is 2.20 bits per heavy atom. The van der Waals surface area contributed by atoms with Crippen LogP contribution in [-0.2, 0) is 6.18 Å². The van der Waals surface area contributed by atoms with Crippen LogP contribution >= 0.6 is 0 Å². The molecule has 7 heteroatoms. The lowest BCUT2D eigenvalue weighted by atomic mass is 10.0. The third kappa shape index (κ3) is 2.16. The summed E-state index contributed by atoms with van der Waals surface area (Å²) >= 11 is 0. The van der Waals surface area contributed by atoms with Crippen LogP contribution < -0.4 is 5.73 Å². The molecule has 0 atom stereocenters. The Kier molecular flexibility index (Phi) is 2.83. The standard InChI is InChI=1S/C8H7F5N2/c1-3-2-15-7(14)5(8(11,12)13)4(3)6(9)10/h2,6H,1H3,(H2,14,15). The van der Waals surface area contributed by atoms with Crippen LogP contribution in [0.1, 0.15) is 23.1 Å². The van der Waals surface area contributed by atoms with Gasteiger partial charge in [0.1, 0.15) is 11.4 Å². The number of alkyl halides is 5. The van der Waals surface area contributed by atoms with Crippen LogP contribution in [0.2, 0.25) is 0 Å². The van der Waals surface area contributed by atoms with Crippen molar-refractivity contribution in [1.82, 2.24) is 4.98 Å². The Labute approximate surface area is 81.9 Å². The van der Waals surface area contributed by atoms with Gasteiger partial charge in [0.05, 0.1) is 0 Å². The fraction of sp³-hybridized carbons (Fsp3) is 0.375. The zero-order valence-electron chi connectivity index (χ0n) is 7.57. The summed E-state index contributed by atoms with van der Waals surface area (Å²) in [6.45, 7) is 1.13. The predicted octanol–water partition coefficient (Wildman–Crippen LogP) is 2.93. The molecule has 2 nitrogen and oxygen atoms in total. The highest BCUT2D eigenvalue weighted by Crippen LogP contribution is 2.40. The van der Waals surface area contributed by atoms with E-state index in [1.165, 1.54) is 0 Å². The second-order valence-electron chi connectivity index (χ2n) is 2.91. The highest BCUT2D eigenvalue weighted by Gasteiger charge is 2.39.